The van der Waals surface area contributed by atoms with Crippen molar-refractivity contribution in [1.29, 1.82) is 0 Å². The van der Waals surface area contributed by atoms with Crippen LogP contribution in [0.5, 0.6) is 5.75 Å². The van der Waals surface area contributed by atoms with Gasteiger partial charge in [-0.05, 0) is 88.1 Å². The molecule has 0 saturated carbocycles. The third kappa shape index (κ3) is 11.3. The van der Waals surface area contributed by atoms with Crippen LogP contribution in [0.15, 0.2) is 36.7 Å². The first-order valence-corrected chi connectivity index (χ1v) is 17.0. The molecule has 2 fully saturated rings. The summed E-state index contributed by atoms with van der Waals surface area (Å²) in [5.41, 5.74) is 1.02. The summed E-state index contributed by atoms with van der Waals surface area (Å²) in [4.78, 5) is 59.2. The number of esters is 1. The zero-order valence-electron chi connectivity index (χ0n) is 29.3. The molecule has 0 spiro atoms. The standard InChI is InChI=1S/C36H50FN5O7/c1-36(2,3)49-35(46)41-15-12-24(13-16-41)9-11-32(43)42-14-6-7-26(22-42)34(45)40-31(19-33(44)47-5)27-18-28(21-39-20-27)48-23-25-8-10-30(38-4)29(37)17-25/h8,10,17-18,20-21,24,26,31,38H,6-7,9,11-16,19,22-23H2,1-5H3,(H,40,45). The van der Waals surface area contributed by atoms with Crippen LogP contribution in [0.25, 0.3) is 0 Å². The second kappa shape index (κ2) is 17.3. The summed E-state index contributed by atoms with van der Waals surface area (Å²) in [6, 6.07) is 5.72. The third-order valence-corrected chi connectivity index (χ3v) is 8.94. The molecule has 0 aliphatic carbocycles. The third-order valence-electron chi connectivity index (χ3n) is 8.94. The molecule has 2 aromatic rings. The molecule has 13 heteroatoms. The van der Waals surface area contributed by atoms with E-state index in [0.29, 0.717) is 73.9 Å². The van der Waals surface area contributed by atoms with Crippen LogP contribution in [-0.2, 0) is 30.5 Å². The number of pyridine rings is 1. The number of nitrogens with one attached hydrogen (secondary N) is 2. The first-order chi connectivity index (χ1) is 23.3. The Hall–Kier alpha value is -4.42. The number of nitrogens with zero attached hydrogens (tertiary/aromatic N) is 3. The van der Waals surface area contributed by atoms with E-state index in [-0.39, 0.29) is 30.9 Å². The number of benzene rings is 1. The highest BCUT2D eigenvalue weighted by Gasteiger charge is 2.32. The maximum absolute atomic E-state index is 14.2. The van der Waals surface area contributed by atoms with Gasteiger partial charge in [0.2, 0.25) is 11.8 Å². The number of aromatic nitrogens is 1. The lowest BCUT2D eigenvalue weighted by Gasteiger charge is -2.35. The van der Waals surface area contributed by atoms with E-state index in [2.05, 4.69) is 15.6 Å². The number of halogens is 1. The van der Waals surface area contributed by atoms with E-state index in [1.54, 1.807) is 41.2 Å². The Kier molecular flexibility index (Phi) is 13.2. The van der Waals surface area contributed by atoms with E-state index in [9.17, 15) is 23.6 Å². The summed E-state index contributed by atoms with van der Waals surface area (Å²) in [6.07, 6.45) is 6.73. The van der Waals surface area contributed by atoms with E-state index < -0.39 is 29.3 Å². The fourth-order valence-corrected chi connectivity index (χ4v) is 6.15. The highest BCUT2D eigenvalue weighted by molar-refractivity contribution is 5.82. The summed E-state index contributed by atoms with van der Waals surface area (Å²) >= 11 is 0. The van der Waals surface area contributed by atoms with Gasteiger partial charge in [0.15, 0.2) is 0 Å². The largest absolute Gasteiger partial charge is 0.487 e. The number of piperidine rings is 2. The van der Waals surface area contributed by atoms with Gasteiger partial charge in [0.25, 0.3) is 0 Å². The van der Waals surface area contributed by atoms with Crippen LogP contribution in [-0.4, -0.2) is 84.6 Å². The molecule has 4 rings (SSSR count). The molecule has 49 heavy (non-hydrogen) atoms. The number of hydrogen-bond acceptors (Lipinski definition) is 9. The highest BCUT2D eigenvalue weighted by Crippen LogP contribution is 2.27. The van der Waals surface area contributed by atoms with Crippen LogP contribution in [0.2, 0.25) is 0 Å². The maximum atomic E-state index is 14.2. The number of rotatable bonds is 12. The number of amides is 3. The number of hydrogen-bond donors (Lipinski definition) is 2. The lowest BCUT2D eigenvalue weighted by Crippen LogP contribution is -2.46. The summed E-state index contributed by atoms with van der Waals surface area (Å²) in [5.74, 6) is -0.827. The van der Waals surface area contributed by atoms with E-state index in [1.807, 2.05) is 20.8 Å². The molecule has 2 aliphatic heterocycles. The Labute approximate surface area is 288 Å². The second-order valence-electron chi connectivity index (χ2n) is 13.8. The Bertz CT molecular complexity index is 1460. The van der Waals surface area contributed by atoms with Gasteiger partial charge in [-0.15, -0.1) is 0 Å². The van der Waals surface area contributed by atoms with Crippen molar-refractivity contribution in [3.8, 4) is 5.75 Å². The molecule has 2 saturated heterocycles. The molecule has 1 aromatic carbocycles. The van der Waals surface area contributed by atoms with Gasteiger partial charge in [-0.1, -0.05) is 6.07 Å². The zero-order chi connectivity index (χ0) is 35.6. The molecule has 2 atom stereocenters. The fourth-order valence-electron chi connectivity index (χ4n) is 6.15. The number of anilines is 1. The summed E-state index contributed by atoms with van der Waals surface area (Å²) in [7, 11) is 2.93. The lowest BCUT2D eigenvalue weighted by atomic mass is 9.91. The van der Waals surface area contributed by atoms with Crippen molar-refractivity contribution in [2.24, 2.45) is 11.8 Å². The molecular weight excluding hydrogens is 633 g/mol. The minimum Gasteiger partial charge on any atom is -0.487 e. The van der Waals surface area contributed by atoms with Gasteiger partial charge in [-0.25, -0.2) is 9.18 Å². The van der Waals surface area contributed by atoms with Crippen LogP contribution in [0.3, 0.4) is 0 Å². The molecule has 3 heterocycles. The van der Waals surface area contributed by atoms with Crippen molar-refractivity contribution in [2.75, 3.05) is 45.7 Å². The Morgan fingerprint density at radius 2 is 1.80 bits per heavy atom. The number of carbonyl (C=O) groups is 4. The van der Waals surface area contributed by atoms with E-state index in [4.69, 9.17) is 14.2 Å². The molecule has 0 radical (unpaired) electrons. The average Bonchev–Trinajstić information content (AvgIpc) is 3.09. The molecule has 2 unspecified atom stereocenters. The summed E-state index contributed by atoms with van der Waals surface area (Å²) < 4.78 is 30.4. The normalized spacial score (nSPS) is 17.6. The van der Waals surface area contributed by atoms with Crippen LogP contribution in [0.1, 0.15) is 82.9 Å². The first-order valence-electron chi connectivity index (χ1n) is 17.0. The minimum atomic E-state index is -0.735. The van der Waals surface area contributed by atoms with Crippen molar-refractivity contribution in [3.05, 3.63) is 53.6 Å². The molecule has 3 amide bonds. The van der Waals surface area contributed by atoms with E-state index in [1.165, 1.54) is 19.4 Å². The van der Waals surface area contributed by atoms with Crippen LogP contribution in [0.4, 0.5) is 14.9 Å². The van der Waals surface area contributed by atoms with Crippen molar-refractivity contribution in [1.82, 2.24) is 20.1 Å². The molecule has 12 nitrogen and oxygen atoms in total. The van der Waals surface area contributed by atoms with Crippen molar-refractivity contribution in [3.63, 3.8) is 0 Å². The van der Waals surface area contributed by atoms with Crippen molar-refractivity contribution in [2.45, 2.75) is 84.0 Å². The van der Waals surface area contributed by atoms with Gasteiger partial charge in [0.1, 0.15) is 23.8 Å². The highest BCUT2D eigenvalue weighted by atomic mass is 19.1. The predicted molar refractivity (Wildman–Crippen MR) is 181 cm³/mol. The van der Waals surface area contributed by atoms with Gasteiger partial charge in [0, 0.05) is 45.8 Å². The molecular formula is C36H50FN5O7. The van der Waals surface area contributed by atoms with E-state index in [0.717, 1.165) is 19.3 Å². The fraction of sp³-hybridized carbons (Fsp3) is 0.583. The Morgan fingerprint density at radius 3 is 2.47 bits per heavy atom. The van der Waals surface area contributed by atoms with Gasteiger partial charge in [0.05, 0.1) is 37.4 Å². The van der Waals surface area contributed by atoms with Gasteiger partial charge < -0.3 is 34.6 Å². The smallest absolute Gasteiger partial charge is 0.410 e. The number of carbonyl (C=O) groups excluding carboxylic acids is 4. The quantitative estimate of drug-likeness (QED) is 0.288. The van der Waals surface area contributed by atoms with Crippen LogP contribution < -0.4 is 15.4 Å². The molecule has 1 aromatic heterocycles. The summed E-state index contributed by atoms with van der Waals surface area (Å²) in [6.45, 7) is 7.77. The SMILES string of the molecule is CNc1ccc(COc2cncc(C(CC(=O)OC)NC(=O)C3CCCN(C(=O)CCC4CCN(C(=O)OC(C)(C)C)CC4)C3)c2)cc1F. The Morgan fingerprint density at radius 1 is 1.04 bits per heavy atom. The zero-order valence-corrected chi connectivity index (χ0v) is 29.3. The molecule has 268 valence electrons. The number of ether oxygens (including phenoxy) is 3. The van der Waals surface area contributed by atoms with Gasteiger partial charge in [-0.2, -0.15) is 0 Å². The number of likely N-dealkylation sites (tertiary alicyclic amines) is 2. The van der Waals surface area contributed by atoms with Gasteiger partial charge in [-0.3, -0.25) is 19.4 Å². The molecule has 0 bridgehead atoms. The van der Waals surface area contributed by atoms with Crippen molar-refractivity contribution >= 4 is 29.6 Å². The molecule has 2 N–H and O–H groups in total. The molecule has 2 aliphatic rings. The van der Waals surface area contributed by atoms with Gasteiger partial charge >= 0.3 is 12.1 Å². The van der Waals surface area contributed by atoms with Crippen molar-refractivity contribution < 1.29 is 37.8 Å². The van der Waals surface area contributed by atoms with Crippen LogP contribution >= 0.6 is 0 Å². The number of methoxy groups -OCH3 is 1. The lowest BCUT2D eigenvalue weighted by molar-refractivity contribution is -0.141. The van der Waals surface area contributed by atoms with Crippen LogP contribution in [0, 0.1) is 17.7 Å². The first kappa shape index (κ1) is 37.4. The monoisotopic (exact) mass is 683 g/mol. The summed E-state index contributed by atoms with van der Waals surface area (Å²) in [5, 5.41) is 5.77. The van der Waals surface area contributed by atoms with E-state index >= 15 is 0 Å². The minimum absolute atomic E-state index is 0.0210. The Balaban J connectivity index is 1.30. The second-order valence-corrected chi connectivity index (χ2v) is 13.8. The average molecular weight is 684 g/mol. The maximum Gasteiger partial charge on any atom is 0.410 e. The topological polar surface area (TPSA) is 139 Å². The predicted octanol–water partition coefficient (Wildman–Crippen LogP) is 5.23.